The monoisotopic (exact) mass is 249 g/mol. The molecule has 0 bridgehead atoms. The molecular formula is C9H9ClFNO4. The van der Waals surface area contributed by atoms with Crippen LogP contribution in [0.15, 0.2) is 6.20 Å². The van der Waals surface area contributed by atoms with Gasteiger partial charge in [0, 0.05) is 6.20 Å². The Morgan fingerprint density at radius 3 is 2.81 bits per heavy atom. The molecule has 1 aromatic heterocycles. The molecule has 1 N–H and O–H groups in total. The fourth-order valence-electron chi connectivity index (χ4n) is 0.964. The van der Waals surface area contributed by atoms with Gasteiger partial charge in [0.1, 0.15) is 5.88 Å². The summed E-state index contributed by atoms with van der Waals surface area (Å²) >= 11 is 5.17. The SMILES string of the molecule is CCOC(=O)c1[nH]cc(OC(=O)CCl)c1F. The molecule has 0 fully saturated rings. The summed E-state index contributed by atoms with van der Waals surface area (Å²) in [6.45, 7) is 1.71. The van der Waals surface area contributed by atoms with Crippen LogP contribution < -0.4 is 4.74 Å². The van der Waals surface area contributed by atoms with Gasteiger partial charge in [-0.1, -0.05) is 0 Å². The van der Waals surface area contributed by atoms with Crippen molar-refractivity contribution in [2.45, 2.75) is 6.92 Å². The van der Waals surface area contributed by atoms with E-state index >= 15 is 0 Å². The van der Waals surface area contributed by atoms with Crippen LogP contribution in [0.3, 0.4) is 0 Å². The average Bonchev–Trinajstić information content (AvgIpc) is 2.61. The van der Waals surface area contributed by atoms with Crippen molar-refractivity contribution >= 4 is 23.5 Å². The molecule has 0 aliphatic carbocycles. The van der Waals surface area contributed by atoms with Gasteiger partial charge >= 0.3 is 11.9 Å². The van der Waals surface area contributed by atoms with Crippen LogP contribution in [0.1, 0.15) is 17.4 Å². The van der Waals surface area contributed by atoms with E-state index in [4.69, 9.17) is 11.6 Å². The summed E-state index contributed by atoms with van der Waals surface area (Å²) < 4.78 is 22.5. The van der Waals surface area contributed by atoms with Crippen molar-refractivity contribution in [1.29, 1.82) is 0 Å². The molecular weight excluding hydrogens is 241 g/mol. The van der Waals surface area contributed by atoms with E-state index in [0.29, 0.717) is 0 Å². The average molecular weight is 250 g/mol. The number of carbonyl (C=O) groups is 2. The van der Waals surface area contributed by atoms with Crippen molar-refractivity contribution in [2.75, 3.05) is 12.5 Å². The molecule has 1 heterocycles. The van der Waals surface area contributed by atoms with Gasteiger partial charge in [-0.2, -0.15) is 0 Å². The lowest BCUT2D eigenvalue weighted by Gasteiger charge is -1.99. The molecule has 0 spiro atoms. The predicted octanol–water partition coefficient (Wildman–Crippen LogP) is 1.47. The van der Waals surface area contributed by atoms with E-state index in [2.05, 4.69) is 14.5 Å². The first-order valence-corrected chi connectivity index (χ1v) is 4.94. The molecule has 16 heavy (non-hydrogen) atoms. The minimum absolute atomic E-state index is 0.119. The highest BCUT2D eigenvalue weighted by Crippen LogP contribution is 2.20. The van der Waals surface area contributed by atoms with Crippen molar-refractivity contribution < 1.29 is 23.5 Å². The van der Waals surface area contributed by atoms with E-state index in [1.165, 1.54) is 0 Å². The normalized spacial score (nSPS) is 9.94. The summed E-state index contributed by atoms with van der Waals surface area (Å²) in [6, 6.07) is 0. The first-order chi connectivity index (χ1) is 7.60. The summed E-state index contributed by atoms with van der Waals surface area (Å²) in [7, 11) is 0. The Morgan fingerprint density at radius 1 is 1.56 bits per heavy atom. The first-order valence-electron chi connectivity index (χ1n) is 4.40. The summed E-state index contributed by atoms with van der Waals surface area (Å²) in [4.78, 5) is 24.3. The van der Waals surface area contributed by atoms with Gasteiger partial charge in [-0.15, -0.1) is 11.6 Å². The number of hydrogen-bond acceptors (Lipinski definition) is 4. The van der Waals surface area contributed by atoms with E-state index in [9.17, 15) is 14.0 Å². The third-order valence-corrected chi connectivity index (χ3v) is 1.81. The highest BCUT2D eigenvalue weighted by molar-refractivity contribution is 6.26. The number of alkyl halides is 1. The van der Waals surface area contributed by atoms with Crippen LogP contribution in [-0.2, 0) is 9.53 Å². The summed E-state index contributed by atoms with van der Waals surface area (Å²) in [5.74, 6) is -3.42. The molecule has 0 aliphatic heterocycles. The third kappa shape index (κ3) is 2.73. The maximum Gasteiger partial charge on any atom is 0.357 e. The lowest BCUT2D eigenvalue weighted by molar-refractivity contribution is -0.131. The Morgan fingerprint density at radius 2 is 2.25 bits per heavy atom. The maximum absolute atomic E-state index is 13.5. The zero-order valence-corrected chi connectivity index (χ0v) is 9.14. The molecule has 1 aromatic rings. The third-order valence-electron chi connectivity index (χ3n) is 1.60. The second-order valence-electron chi connectivity index (χ2n) is 2.67. The van der Waals surface area contributed by atoms with E-state index in [1.807, 2.05) is 0 Å². The number of H-pyrrole nitrogens is 1. The second kappa shape index (κ2) is 5.50. The highest BCUT2D eigenvalue weighted by atomic mass is 35.5. The predicted molar refractivity (Wildman–Crippen MR) is 53.1 cm³/mol. The minimum atomic E-state index is -0.975. The number of aromatic amines is 1. The smallest absolute Gasteiger partial charge is 0.357 e. The van der Waals surface area contributed by atoms with Crippen LogP contribution in [0.2, 0.25) is 0 Å². The Kier molecular flexibility index (Phi) is 4.30. The van der Waals surface area contributed by atoms with Gasteiger partial charge in [-0.25, -0.2) is 9.18 Å². The van der Waals surface area contributed by atoms with Crippen LogP contribution in [0, 0.1) is 5.82 Å². The highest BCUT2D eigenvalue weighted by Gasteiger charge is 2.21. The van der Waals surface area contributed by atoms with Crippen LogP contribution in [-0.4, -0.2) is 29.4 Å². The number of esters is 2. The Labute approximate surface area is 95.5 Å². The molecule has 0 saturated carbocycles. The molecule has 0 aromatic carbocycles. The Bertz CT molecular complexity index is 404. The fraction of sp³-hybridized carbons (Fsp3) is 0.333. The maximum atomic E-state index is 13.5. The summed E-state index contributed by atoms with van der Waals surface area (Å²) in [5, 5.41) is 0. The van der Waals surface area contributed by atoms with Crippen LogP contribution in [0.5, 0.6) is 5.75 Å². The van der Waals surface area contributed by atoms with E-state index in [0.717, 1.165) is 6.20 Å². The zero-order chi connectivity index (χ0) is 12.1. The van der Waals surface area contributed by atoms with Crippen molar-refractivity contribution in [3.05, 3.63) is 17.7 Å². The van der Waals surface area contributed by atoms with Gasteiger partial charge in [-0.3, -0.25) is 4.79 Å². The molecule has 0 unspecified atom stereocenters. The van der Waals surface area contributed by atoms with Crippen molar-refractivity contribution in [3.8, 4) is 5.75 Å². The van der Waals surface area contributed by atoms with Gasteiger partial charge in [-0.05, 0) is 6.92 Å². The first kappa shape index (κ1) is 12.5. The fourth-order valence-corrected chi connectivity index (χ4v) is 1.02. The Hall–Kier alpha value is -1.56. The lowest BCUT2D eigenvalue weighted by Crippen LogP contribution is -2.10. The number of rotatable bonds is 4. The molecule has 0 amide bonds. The van der Waals surface area contributed by atoms with E-state index in [1.54, 1.807) is 6.92 Å². The number of nitrogens with one attached hydrogen (secondary N) is 1. The van der Waals surface area contributed by atoms with Crippen LogP contribution >= 0.6 is 11.6 Å². The van der Waals surface area contributed by atoms with E-state index < -0.39 is 23.6 Å². The molecule has 5 nitrogen and oxygen atoms in total. The lowest BCUT2D eigenvalue weighted by atomic mass is 10.4. The molecule has 0 saturated heterocycles. The molecule has 88 valence electrons. The number of ether oxygens (including phenoxy) is 2. The number of carbonyl (C=O) groups excluding carboxylic acids is 2. The van der Waals surface area contributed by atoms with Crippen LogP contribution in [0.4, 0.5) is 4.39 Å². The minimum Gasteiger partial charge on any atom is -0.461 e. The van der Waals surface area contributed by atoms with E-state index in [-0.39, 0.29) is 18.1 Å². The number of aromatic nitrogens is 1. The summed E-state index contributed by atoms with van der Waals surface area (Å²) in [5.41, 5.74) is -0.390. The standard InChI is InChI=1S/C9H9ClFNO4/c1-2-15-9(14)8-7(11)5(4-12-8)16-6(13)3-10/h4,12H,2-3H2,1H3. The number of halogens is 2. The topological polar surface area (TPSA) is 68.4 Å². The summed E-state index contributed by atoms with van der Waals surface area (Å²) in [6.07, 6.45) is 1.05. The largest absolute Gasteiger partial charge is 0.461 e. The molecule has 0 atom stereocenters. The zero-order valence-electron chi connectivity index (χ0n) is 8.38. The van der Waals surface area contributed by atoms with Gasteiger partial charge in [0.15, 0.2) is 17.3 Å². The number of hydrogen-bond donors (Lipinski definition) is 1. The van der Waals surface area contributed by atoms with Gasteiger partial charge in [0.05, 0.1) is 6.61 Å². The van der Waals surface area contributed by atoms with Gasteiger partial charge in [0.2, 0.25) is 0 Å². The van der Waals surface area contributed by atoms with Gasteiger partial charge < -0.3 is 14.5 Å². The quantitative estimate of drug-likeness (QED) is 0.648. The van der Waals surface area contributed by atoms with Crippen molar-refractivity contribution in [1.82, 2.24) is 4.98 Å². The molecule has 0 aliphatic rings. The molecule has 7 heteroatoms. The Balaban J connectivity index is 2.84. The van der Waals surface area contributed by atoms with Crippen molar-refractivity contribution in [2.24, 2.45) is 0 Å². The molecule has 1 rings (SSSR count). The van der Waals surface area contributed by atoms with Crippen LogP contribution in [0.25, 0.3) is 0 Å². The molecule has 0 radical (unpaired) electrons. The van der Waals surface area contributed by atoms with Crippen molar-refractivity contribution in [3.63, 3.8) is 0 Å². The van der Waals surface area contributed by atoms with Gasteiger partial charge in [0.25, 0.3) is 0 Å². The second-order valence-corrected chi connectivity index (χ2v) is 2.94.